The summed E-state index contributed by atoms with van der Waals surface area (Å²) in [6.45, 7) is 7.59. The van der Waals surface area contributed by atoms with E-state index in [9.17, 15) is 22.8 Å². The fourth-order valence-electron chi connectivity index (χ4n) is 4.08. The number of carbonyl (C=O) groups is 2. The van der Waals surface area contributed by atoms with Crippen molar-refractivity contribution < 1.29 is 27.5 Å². The molecule has 1 aliphatic heterocycles. The van der Waals surface area contributed by atoms with Gasteiger partial charge in [-0.15, -0.1) is 0 Å². The lowest BCUT2D eigenvalue weighted by molar-refractivity contribution is 0.0306. The molecule has 3 aromatic rings. The SMILES string of the molecule is C[C@@H](NC(=O)c1cc(C2=CCN(C(=O)OC(C)(C)C)C2)cc2cn[nH]c12)c1cccc(C(F)F)c1F. The monoisotopic (exact) mass is 500 g/mol. The molecule has 1 aromatic heterocycles. The molecule has 0 saturated heterocycles. The third kappa shape index (κ3) is 5.22. The maximum atomic E-state index is 14.6. The molecule has 2 aromatic carbocycles. The summed E-state index contributed by atoms with van der Waals surface area (Å²) in [6, 6.07) is 6.37. The zero-order valence-electron chi connectivity index (χ0n) is 20.4. The maximum absolute atomic E-state index is 14.6. The van der Waals surface area contributed by atoms with Crippen LogP contribution < -0.4 is 5.32 Å². The van der Waals surface area contributed by atoms with Gasteiger partial charge in [0.15, 0.2) is 0 Å². The first-order valence-corrected chi connectivity index (χ1v) is 11.5. The number of H-pyrrole nitrogens is 1. The largest absolute Gasteiger partial charge is 0.444 e. The summed E-state index contributed by atoms with van der Waals surface area (Å²) in [7, 11) is 0. The first kappa shape index (κ1) is 25.3. The van der Waals surface area contributed by atoms with Gasteiger partial charge in [0.1, 0.15) is 11.4 Å². The van der Waals surface area contributed by atoms with Crippen LogP contribution in [0.15, 0.2) is 42.6 Å². The topological polar surface area (TPSA) is 87.3 Å². The highest BCUT2D eigenvalue weighted by molar-refractivity contribution is 6.07. The third-order valence-electron chi connectivity index (χ3n) is 5.84. The molecule has 1 atom stereocenters. The van der Waals surface area contributed by atoms with Crippen molar-refractivity contribution in [2.45, 2.75) is 45.8 Å². The van der Waals surface area contributed by atoms with Gasteiger partial charge in [-0.25, -0.2) is 18.0 Å². The Kier molecular flexibility index (Phi) is 6.79. The Balaban J connectivity index is 1.58. The molecule has 2 N–H and O–H groups in total. The van der Waals surface area contributed by atoms with E-state index in [1.54, 1.807) is 37.9 Å². The van der Waals surface area contributed by atoms with Crippen LogP contribution in [0, 0.1) is 5.82 Å². The van der Waals surface area contributed by atoms with E-state index in [0.717, 1.165) is 17.2 Å². The molecule has 10 heteroatoms. The highest BCUT2D eigenvalue weighted by Gasteiger charge is 2.27. The van der Waals surface area contributed by atoms with Crippen molar-refractivity contribution in [1.29, 1.82) is 0 Å². The van der Waals surface area contributed by atoms with Crippen molar-refractivity contribution in [3.8, 4) is 0 Å². The number of aromatic amines is 1. The molecule has 4 rings (SSSR count). The molecule has 1 aliphatic rings. The van der Waals surface area contributed by atoms with Crippen LogP contribution in [0.5, 0.6) is 0 Å². The quantitative estimate of drug-likeness (QED) is 0.466. The molecule has 7 nitrogen and oxygen atoms in total. The number of benzene rings is 2. The molecule has 190 valence electrons. The van der Waals surface area contributed by atoms with Gasteiger partial charge in [-0.1, -0.05) is 24.3 Å². The molecule has 2 heterocycles. The number of fused-ring (bicyclic) bond motifs is 1. The van der Waals surface area contributed by atoms with Gasteiger partial charge >= 0.3 is 6.09 Å². The van der Waals surface area contributed by atoms with Crippen LogP contribution in [-0.4, -0.2) is 45.8 Å². The molecule has 2 amide bonds. The van der Waals surface area contributed by atoms with Crippen molar-refractivity contribution in [2.75, 3.05) is 13.1 Å². The highest BCUT2D eigenvalue weighted by atomic mass is 19.3. The van der Waals surface area contributed by atoms with Gasteiger partial charge < -0.3 is 15.0 Å². The number of ether oxygens (including phenoxy) is 1. The minimum Gasteiger partial charge on any atom is -0.444 e. The van der Waals surface area contributed by atoms with Crippen LogP contribution in [-0.2, 0) is 4.74 Å². The lowest BCUT2D eigenvalue weighted by Crippen LogP contribution is -2.35. The number of alkyl halides is 2. The van der Waals surface area contributed by atoms with Crippen molar-refractivity contribution in [3.63, 3.8) is 0 Å². The zero-order chi connectivity index (χ0) is 26.2. The van der Waals surface area contributed by atoms with Gasteiger partial charge in [-0.05, 0) is 51.0 Å². The Morgan fingerprint density at radius 2 is 1.92 bits per heavy atom. The van der Waals surface area contributed by atoms with Crippen LogP contribution in [0.1, 0.15) is 67.2 Å². The summed E-state index contributed by atoms with van der Waals surface area (Å²) in [6.07, 6.45) is 0.0687. The third-order valence-corrected chi connectivity index (χ3v) is 5.84. The van der Waals surface area contributed by atoms with Crippen LogP contribution in [0.3, 0.4) is 0 Å². The van der Waals surface area contributed by atoms with E-state index in [4.69, 9.17) is 4.74 Å². The van der Waals surface area contributed by atoms with E-state index >= 15 is 0 Å². The lowest BCUT2D eigenvalue weighted by atomic mass is 9.99. The molecule has 0 saturated carbocycles. The second kappa shape index (κ2) is 9.67. The fraction of sp³-hybridized carbons (Fsp3) is 0.346. The second-order valence-electron chi connectivity index (χ2n) is 9.69. The van der Waals surface area contributed by atoms with Crippen molar-refractivity contribution in [1.82, 2.24) is 20.4 Å². The maximum Gasteiger partial charge on any atom is 0.410 e. The molecule has 0 aliphatic carbocycles. The lowest BCUT2D eigenvalue weighted by Gasteiger charge is -2.24. The van der Waals surface area contributed by atoms with E-state index < -0.39 is 41.4 Å². The average Bonchev–Trinajstić information content (AvgIpc) is 3.46. The Morgan fingerprint density at radius 1 is 1.19 bits per heavy atom. The minimum atomic E-state index is -2.96. The normalized spacial score (nSPS) is 14.8. The minimum absolute atomic E-state index is 0.0373. The molecule has 0 bridgehead atoms. The van der Waals surface area contributed by atoms with E-state index in [2.05, 4.69) is 15.5 Å². The van der Waals surface area contributed by atoms with E-state index in [-0.39, 0.29) is 11.1 Å². The van der Waals surface area contributed by atoms with Gasteiger partial charge in [-0.3, -0.25) is 9.89 Å². The van der Waals surface area contributed by atoms with E-state index in [1.165, 1.54) is 19.1 Å². The van der Waals surface area contributed by atoms with Crippen LogP contribution >= 0.6 is 0 Å². The summed E-state index contributed by atoms with van der Waals surface area (Å²) in [5.74, 6) is -1.57. The number of hydrogen-bond acceptors (Lipinski definition) is 4. The summed E-state index contributed by atoms with van der Waals surface area (Å²) >= 11 is 0. The number of carbonyl (C=O) groups excluding carboxylic acids is 2. The van der Waals surface area contributed by atoms with Gasteiger partial charge in [0.25, 0.3) is 12.3 Å². The summed E-state index contributed by atoms with van der Waals surface area (Å²) in [5.41, 5.74) is 0.923. The summed E-state index contributed by atoms with van der Waals surface area (Å²) in [4.78, 5) is 27.2. The molecule has 0 fully saturated rings. The first-order valence-electron chi connectivity index (χ1n) is 11.5. The van der Waals surface area contributed by atoms with E-state index in [1.807, 2.05) is 12.1 Å². The van der Waals surface area contributed by atoms with Crippen molar-refractivity contribution >= 4 is 28.5 Å². The summed E-state index contributed by atoms with van der Waals surface area (Å²) < 4.78 is 46.3. The fourth-order valence-corrected chi connectivity index (χ4v) is 4.08. The predicted molar refractivity (Wildman–Crippen MR) is 129 cm³/mol. The second-order valence-corrected chi connectivity index (χ2v) is 9.69. The summed E-state index contributed by atoms with van der Waals surface area (Å²) in [5, 5.41) is 10.2. The Morgan fingerprint density at radius 3 is 2.61 bits per heavy atom. The molecule has 0 unspecified atom stereocenters. The average molecular weight is 501 g/mol. The van der Waals surface area contributed by atoms with Gasteiger partial charge in [0.05, 0.1) is 28.9 Å². The standard InChI is InChI=1S/C26H27F3N4O3/c1-14(18-6-5-7-19(21(18)27)23(28)29)31-24(34)20-11-16(10-17-12-30-32-22(17)20)15-8-9-33(13-15)25(35)36-26(2,3)4/h5-8,10-12,14,23H,9,13H2,1-4H3,(H,30,32)(H,31,34)/t14-/m1/s1. The Bertz CT molecular complexity index is 1340. The number of halogens is 3. The van der Waals surface area contributed by atoms with Gasteiger partial charge in [0, 0.05) is 24.0 Å². The van der Waals surface area contributed by atoms with Crippen LogP contribution in [0.4, 0.5) is 18.0 Å². The number of rotatable bonds is 5. The van der Waals surface area contributed by atoms with Crippen molar-refractivity contribution in [3.05, 3.63) is 70.7 Å². The van der Waals surface area contributed by atoms with Crippen LogP contribution in [0.25, 0.3) is 16.5 Å². The molecular formula is C26H27F3N4O3. The number of hydrogen-bond donors (Lipinski definition) is 2. The molecule has 36 heavy (non-hydrogen) atoms. The highest BCUT2D eigenvalue weighted by Crippen LogP contribution is 2.30. The first-order chi connectivity index (χ1) is 16.9. The number of amides is 2. The van der Waals surface area contributed by atoms with Gasteiger partial charge in [0.2, 0.25) is 0 Å². The number of nitrogens with zero attached hydrogens (tertiary/aromatic N) is 2. The predicted octanol–water partition coefficient (Wildman–Crippen LogP) is 5.76. The smallest absolute Gasteiger partial charge is 0.410 e. The zero-order valence-corrected chi connectivity index (χ0v) is 20.4. The number of aromatic nitrogens is 2. The Labute approximate surface area is 206 Å². The van der Waals surface area contributed by atoms with Gasteiger partial charge in [-0.2, -0.15) is 5.10 Å². The van der Waals surface area contributed by atoms with E-state index in [0.29, 0.717) is 24.0 Å². The van der Waals surface area contributed by atoms with Crippen LogP contribution in [0.2, 0.25) is 0 Å². The Hall–Kier alpha value is -3.82. The molecular weight excluding hydrogens is 473 g/mol. The molecule has 0 spiro atoms. The molecule has 0 radical (unpaired) electrons. The number of nitrogens with one attached hydrogen (secondary N) is 2. The van der Waals surface area contributed by atoms with Crippen molar-refractivity contribution in [2.24, 2.45) is 0 Å².